The highest BCUT2D eigenvalue weighted by Gasteiger charge is 2.27. The van der Waals surface area contributed by atoms with Crippen molar-refractivity contribution in [2.45, 2.75) is 39.2 Å². The molecule has 0 aliphatic carbocycles. The largest absolute Gasteiger partial charge is 0.392 e. The molecular formula is C14H21ClFNO3S. The number of hydrogen-bond acceptors (Lipinski definition) is 3. The lowest BCUT2D eigenvalue weighted by atomic mass is 9.81. The van der Waals surface area contributed by atoms with Crippen LogP contribution in [0.5, 0.6) is 0 Å². The van der Waals surface area contributed by atoms with E-state index in [1.165, 1.54) is 6.07 Å². The lowest BCUT2D eigenvalue weighted by Crippen LogP contribution is -2.37. The Balaban J connectivity index is 3.12. The second-order valence-electron chi connectivity index (χ2n) is 6.00. The third-order valence-corrected chi connectivity index (χ3v) is 5.44. The quantitative estimate of drug-likeness (QED) is 0.838. The summed E-state index contributed by atoms with van der Waals surface area (Å²) >= 11 is 5.78. The zero-order chi connectivity index (χ0) is 16.4. The Labute approximate surface area is 130 Å². The first-order chi connectivity index (χ1) is 9.51. The average Bonchev–Trinajstić information content (AvgIpc) is 2.38. The maximum atomic E-state index is 14.1. The van der Waals surface area contributed by atoms with Crippen LogP contribution >= 0.6 is 11.6 Å². The Hall–Kier alpha value is -0.690. The van der Waals surface area contributed by atoms with Gasteiger partial charge in [0.05, 0.1) is 6.61 Å². The Morgan fingerprint density at radius 3 is 2.43 bits per heavy atom. The Bertz CT molecular complexity index is 615. The molecule has 1 aromatic rings. The zero-order valence-electron chi connectivity index (χ0n) is 12.6. The highest BCUT2D eigenvalue weighted by atomic mass is 35.5. The van der Waals surface area contributed by atoms with Crippen LogP contribution in [-0.4, -0.2) is 20.1 Å². The molecule has 0 atom stereocenters. The number of aliphatic hydroxyl groups excluding tert-OH is 1. The van der Waals surface area contributed by atoms with E-state index in [0.717, 1.165) is 6.07 Å². The van der Waals surface area contributed by atoms with Crippen molar-refractivity contribution in [3.63, 3.8) is 0 Å². The number of halogens is 2. The summed E-state index contributed by atoms with van der Waals surface area (Å²) in [5, 5.41) is 9.11. The van der Waals surface area contributed by atoms with Crippen molar-refractivity contribution in [2.24, 2.45) is 11.3 Å². The molecule has 7 heteroatoms. The van der Waals surface area contributed by atoms with Gasteiger partial charge in [-0.05, 0) is 23.5 Å². The topological polar surface area (TPSA) is 66.4 Å². The van der Waals surface area contributed by atoms with E-state index < -0.39 is 27.3 Å². The summed E-state index contributed by atoms with van der Waals surface area (Å²) < 4.78 is 41.0. The monoisotopic (exact) mass is 337 g/mol. The SMILES string of the molecule is CC(C)C(C)(C)CNS(=O)(=O)c1cc(Cl)cc(CO)c1F. The van der Waals surface area contributed by atoms with Crippen molar-refractivity contribution in [3.8, 4) is 0 Å². The van der Waals surface area contributed by atoms with E-state index in [0.29, 0.717) is 0 Å². The molecule has 0 amide bonds. The zero-order valence-corrected chi connectivity index (χ0v) is 14.1. The molecule has 2 N–H and O–H groups in total. The van der Waals surface area contributed by atoms with E-state index in [1.54, 1.807) is 0 Å². The summed E-state index contributed by atoms with van der Waals surface area (Å²) in [6.07, 6.45) is 0. The number of benzene rings is 1. The molecule has 1 rings (SSSR count). The second-order valence-corrected chi connectivity index (χ2v) is 8.17. The van der Waals surface area contributed by atoms with Crippen molar-refractivity contribution < 1.29 is 17.9 Å². The second kappa shape index (κ2) is 6.60. The number of sulfonamides is 1. The smallest absolute Gasteiger partial charge is 0.243 e. The molecule has 120 valence electrons. The van der Waals surface area contributed by atoms with Gasteiger partial charge in [0.1, 0.15) is 10.7 Å². The molecule has 0 aromatic heterocycles. The predicted molar refractivity (Wildman–Crippen MR) is 81.1 cm³/mol. The summed E-state index contributed by atoms with van der Waals surface area (Å²) in [7, 11) is -4.03. The van der Waals surface area contributed by atoms with Gasteiger partial charge in [-0.3, -0.25) is 0 Å². The molecule has 0 bridgehead atoms. The molecule has 1 aromatic carbocycles. The lowest BCUT2D eigenvalue weighted by Gasteiger charge is -2.29. The standard InChI is InChI=1S/C14H21ClFNO3S/c1-9(2)14(3,4)8-17-21(19,20)12-6-11(15)5-10(7-18)13(12)16/h5-6,9,17-18H,7-8H2,1-4H3. The van der Waals surface area contributed by atoms with Gasteiger partial charge in [-0.1, -0.05) is 39.3 Å². The van der Waals surface area contributed by atoms with Crippen molar-refractivity contribution in [1.29, 1.82) is 0 Å². The van der Waals surface area contributed by atoms with Crippen LogP contribution in [0.1, 0.15) is 33.3 Å². The normalized spacial score (nSPS) is 13.0. The highest BCUT2D eigenvalue weighted by molar-refractivity contribution is 7.89. The highest BCUT2D eigenvalue weighted by Crippen LogP contribution is 2.27. The fraction of sp³-hybridized carbons (Fsp3) is 0.571. The maximum absolute atomic E-state index is 14.1. The van der Waals surface area contributed by atoms with Gasteiger partial charge in [0, 0.05) is 17.1 Å². The van der Waals surface area contributed by atoms with E-state index >= 15 is 0 Å². The Kier molecular flexibility index (Phi) is 5.77. The van der Waals surface area contributed by atoms with E-state index in [1.807, 2.05) is 27.7 Å². The van der Waals surface area contributed by atoms with Gasteiger partial charge >= 0.3 is 0 Å². The van der Waals surface area contributed by atoms with E-state index in [9.17, 15) is 12.8 Å². The molecule has 0 heterocycles. The van der Waals surface area contributed by atoms with Crippen molar-refractivity contribution >= 4 is 21.6 Å². The van der Waals surface area contributed by atoms with Gasteiger partial charge in [0.15, 0.2) is 0 Å². The van der Waals surface area contributed by atoms with Crippen LogP contribution in [0.15, 0.2) is 17.0 Å². The molecule has 0 aliphatic rings. The van der Waals surface area contributed by atoms with E-state index in [4.69, 9.17) is 16.7 Å². The molecular weight excluding hydrogens is 317 g/mol. The number of nitrogens with one attached hydrogen (secondary N) is 1. The van der Waals surface area contributed by atoms with Crippen LogP contribution in [-0.2, 0) is 16.6 Å². The van der Waals surface area contributed by atoms with Crippen LogP contribution in [0.25, 0.3) is 0 Å². The average molecular weight is 338 g/mol. The van der Waals surface area contributed by atoms with E-state index in [-0.39, 0.29) is 28.5 Å². The molecule has 0 radical (unpaired) electrons. The summed E-state index contributed by atoms with van der Waals surface area (Å²) in [4.78, 5) is -0.543. The maximum Gasteiger partial charge on any atom is 0.243 e. The van der Waals surface area contributed by atoms with Gasteiger partial charge < -0.3 is 5.11 Å². The summed E-state index contributed by atoms with van der Waals surface area (Å²) in [5.41, 5.74) is -0.423. The fourth-order valence-corrected chi connectivity index (χ4v) is 3.16. The van der Waals surface area contributed by atoms with Gasteiger partial charge in [0.25, 0.3) is 0 Å². The molecule has 4 nitrogen and oxygen atoms in total. The third-order valence-electron chi connectivity index (χ3n) is 3.82. The summed E-state index contributed by atoms with van der Waals surface area (Å²) in [6, 6.07) is 2.24. The Morgan fingerprint density at radius 1 is 1.38 bits per heavy atom. The summed E-state index contributed by atoms with van der Waals surface area (Å²) in [6.45, 7) is 7.37. The molecule has 0 saturated carbocycles. The van der Waals surface area contributed by atoms with Crippen LogP contribution in [0.4, 0.5) is 4.39 Å². The molecule has 21 heavy (non-hydrogen) atoms. The number of rotatable bonds is 6. The first kappa shape index (κ1) is 18.4. The van der Waals surface area contributed by atoms with E-state index in [2.05, 4.69) is 4.72 Å². The minimum Gasteiger partial charge on any atom is -0.392 e. The van der Waals surface area contributed by atoms with Crippen molar-refractivity contribution in [1.82, 2.24) is 4.72 Å². The fourth-order valence-electron chi connectivity index (χ4n) is 1.49. The first-order valence-electron chi connectivity index (χ1n) is 6.59. The minimum absolute atomic E-state index is 0.0592. The van der Waals surface area contributed by atoms with Crippen molar-refractivity contribution in [2.75, 3.05) is 6.54 Å². The van der Waals surface area contributed by atoms with Gasteiger partial charge in [-0.25, -0.2) is 17.5 Å². The van der Waals surface area contributed by atoms with Crippen LogP contribution in [0.3, 0.4) is 0 Å². The lowest BCUT2D eigenvalue weighted by molar-refractivity contribution is 0.252. The molecule has 0 unspecified atom stereocenters. The third kappa shape index (κ3) is 4.39. The first-order valence-corrected chi connectivity index (χ1v) is 8.46. The van der Waals surface area contributed by atoms with Gasteiger partial charge in [-0.15, -0.1) is 0 Å². The van der Waals surface area contributed by atoms with Crippen LogP contribution < -0.4 is 4.72 Å². The molecule has 0 saturated heterocycles. The summed E-state index contributed by atoms with van der Waals surface area (Å²) in [5.74, 6) is -0.728. The van der Waals surface area contributed by atoms with Gasteiger partial charge in [-0.2, -0.15) is 0 Å². The number of hydrogen-bond donors (Lipinski definition) is 2. The number of aliphatic hydroxyl groups is 1. The van der Waals surface area contributed by atoms with Crippen molar-refractivity contribution in [3.05, 3.63) is 28.5 Å². The van der Waals surface area contributed by atoms with Crippen LogP contribution in [0.2, 0.25) is 5.02 Å². The molecule has 0 spiro atoms. The Morgan fingerprint density at radius 2 is 1.95 bits per heavy atom. The minimum atomic E-state index is -4.03. The molecule has 0 fully saturated rings. The van der Waals surface area contributed by atoms with Crippen LogP contribution in [0, 0.1) is 17.2 Å². The molecule has 0 aliphatic heterocycles. The van der Waals surface area contributed by atoms with Gasteiger partial charge in [0.2, 0.25) is 10.0 Å². The predicted octanol–water partition coefficient (Wildman–Crippen LogP) is 2.93.